The first-order valence-corrected chi connectivity index (χ1v) is 9.26. The summed E-state index contributed by atoms with van der Waals surface area (Å²) >= 11 is 0. The summed E-state index contributed by atoms with van der Waals surface area (Å²) in [5.41, 5.74) is 7.30. The molecule has 0 aliphatic rings. The summed E-state index contributed by atoms with van der Waals surface area (Å²) in [6.07, 6.45) is 8.00. The van der Waals surface area contributed by atoms with Gasteiger partial charge >= 0.3 is 0 Å². The van der Waals surface area contributed by atoms with E-state index in [0.717, 1.165) is 45.9 Å². The Hall–Kier alpha value is -2.94. The average molecular weight is 360 g/mol. The predicted molar refractivity (Wildman–Crippen MR) is 118 cm³/mol. The second-order valence-electron chi connectivity index (χ2n) is 6.52. The molecule has 140 valence electrons. The number of rotatable bonds is 7. The van der Waals surface area contributed by atoms with Gasteiger partial charge in [0.1, 0.15) is 0 Å². The van der Waals surface area contributed by atoms with Crippen LogP contribution in [-0.2, 0) is 0 Å². The molecule has 0 atom stereocenters. The van der Waals surface area contributed by atoms with Crippen LogP contribution < -0.4 is 0 Å². The molecule has 3 nitrogen and oxygen atoms in total. The van der Waals surface area contributed by atoms with Crippen LogP contribution in [0.5, 0.6) is 0 Å². The van der Waals surface area contributed by atoms with Gasteiger partial charge in [-0.25, -0.2) is 0 Å². The van der Waals surface area contributed by atoms with Crippen molar-refractivity contribution >= 4 is 11.3 Å². The summed E-state index contributed by atoms with van der Waals surface area (Å²) in [5, 5.41) is 0. The van der Waals surface area contributed by atoms with Gasteiger partial charge in [0, 0.05) is 43.7 Å². The summed E-state index contributed by atoms with van der Waals surface area (Å²) < 4.78 is 0. The normalized spacial score (nSPS) is 12.5. The molecular formula is C24H29N3. The molecule has 0 unspecified atom stereocenters. The van der Waals surface area contributed by atoms with Crippen molar-refractivity contribution in [2.24, 2.45) is 4.99 Å². The Morgan fingerprint density at radius 1 is 1.22 bits per heavy atom. The SMILES string of the molecule is C=C/C(=C\N(C)C)c1cccc(-c2ccc(C(/C=C\C)=NCC)c(C)n2)c1. The number of allylic oxidation sites excluding steroid dienone is 4. The number of aliphatic imine (C=N–C) groups is 1. The molecule has 0 saturated heterocycles. The summed E-state index contributed by atoms with van der Waals surface area (Å²) in [4.78, 5) is 11.5. The smallest absolute Gasteiger partial charge is 0.0705 e. The highest BCUT2D eigenvalue weighted by Crippen LogP contribution is 2.24. The minimum absolute atomic E-state index is 0.755. The largest absolute Gasteiger partial charge is 0.383 e. The topological polar surface area (TPSA) is 28.5 Å². The lowest BCUT2D eigenvalue weighted by Crippen LogP contribution is -2.03. The Kier molecular flexibility index (Phi) is 7.30. The highest BCUT2D eigenvalue weighted by Gasteiger charge is 2.09. The van der Waals surface area contributed by atoms with Gasteiger partial charge in [-0.05, 0) is 56.2 Å². The first-order chi connectivity index (χ1) is 13.0. The molecule has 0 spiro atoms. The maximum absolute atomic E-state index is 4.85. The molecular weight excluding hydrogens is 330 g/mol. The number of pyridine rings is 1. The molecule has 1 aromatic carbocycles. The maximum atomic E-state index is 4.85. The van der Waals surface area contributed by atoms with Crippen LogP contribution in [0, 0.1) is 6.92 Å². The molecule has 0 amide bonds. The maximum Gasteiger partial charge on any atom is 0.0705 e. The van der Waals surface area contributed by atoms with E-state index in [4.69, 9.17) is 4.98 Å². The summed E-state index contributed by atoms with van der Waals surface area (Å²) in [6.45, 7) is 10.8. The van der Waals surface area contributed by atoms with Crippen molar-refractivity contribution < 1.29 is 0 Å². The van der Waals surface area contributed by atoms with E-state index in [1.165, 1.54) is 0 Å². The van der Waals surface area contributed by atoms with Gasteiger partial charge in [0.2, 0.25) is 0 Å². The van der Waals surface area contributed by atoms with Crippen molar-refractivity contribution in [2.75, 3.05) is 20.6 Å². The highest BCUT2D eigenvalue weighted by atomic mass is 15.0. The average Bonchev–Trinajstić information content (AvgIpc) is 2.66. The van der Waals surface area contributed by atoms with Gasteiger partial charge in [-0.1, -0.05) is 36.9 Å². The van der Waals surface area contributed by atoms with Crippen molar-refractivity contribution in [2.45, 2.75) is 20.8 Å². The van der Waals surface area contributed by atoms with Gasteiger partial charge in [-0.2, -0.15) is 0 Å². The zero-order valence-electron chi connectivity index (χ0n) is 17.0. The zero-order valence-corrected chi connectivity index (χ0v) is 17.0. The Balaban J connectivity index is 2.45. The number of aromatic nitrogens is 1. The molecule has 0 aliphatic heterocycles. The third-order valence-corrected chi connectivity index (χ3v) is 4.12. The monoisotopic (exact) mass is 359 g/mol. The van der Waals surface area contributed by atoms with Crippen LogP contribution >= 0.6 is 0 Å². The Morgan fingerprint density at radius 2 is 2.00 bits per heavy atom. The molecule has 2 aromatic rings. The van der Waals surface area contributed by atoms with Crippen LogP contribution in [0.2, 0.25) is 0 Å². The molecule has 0 N–H and O–H groups in total. The number of nitrogens with zero attached hydrogens (tertiary/aromatic N) is 3. The van der Waals surface area contributed by atoms with E-state index in [0.29, 0.717) is 0 Å². The first-order valence-electron chi connectivity index (χ1n) is 9.26. The van der Waals surface area contributed by atoms with Gasteiger partial charge in [0.25, 0.3) is 0 Å². The molecule has 27 heavy (non-hydrogen) atoms. The van der Waals surface area contributed by atoms with Crippen LogP contribution in [0.15, 0.2) is 72.4 Å². The van der Waals surface area contributed by atoms with E-state index in [1.54, 1.807) is 0 Å². The fourth-order valence-electron chi connectivity index (χ4n) is 2.93. The molecule has 0 saturated carbocycles. The van der Waals surface area contributed by atoms with E-state index >= 15 is 0 Å². The van der Waals surface area contributed by atoms with Crippen LogP contribution in [0.3, 0.4) is 0 Å². The molecule has 1 aromatic heterocycles. The van der Waals surface area contributed by atoms with Crippen molar-refractivity contribution in [1.82, 2.24) is 9.88 Å². The molecule has 3 heteroatoms. The van der Waals surface area contributed by atoms with Crippen molar-refractivity contribution in [3.05, 3.63) is 84.2 Å². The number of aryl methyl sites for hydroxylation is 1. The number of benzene rings is 1. The minimum Gasteiger partial charge on any atom is -0.383 e. The Morgan fingerprint density at radius 3 is 2.59 bits per heavy atom. The highest BCUT2D eigenvalue weighted by molar-refractivity contribution is 6.09. The third kappa shape index (κ3) is 5.27. The van der Waals surface area contributed by atoms with Crippen LogP contribution in [-0.4, -0.2) is 36.2 Å². The van der Waals surface area contributed by atoms with Gasteiger partial charge in [0.15, 0.2) is 0 Å². The molecule has 0 bridgehead atoms. The summed E-state index contributed by atoms with van der Waals surface area (Å²) in [6, 6.07) is 12.6. The zero-order chi connectivity index (χ0) is 19.8. The van der Waals surface area contributed by atoms with Crippen LogP contribution in [0.25, 0.3) is 16.8 Å². The molecule has 0 fully saturated rings. The fraction of sp³-hybridized carbons (Fsp3) is 0.250. The fourth-order valence-corrected chi connectivity index (χ4v) is 2.93. The van der Waals surface area contributed by atoms with Crippen molar-refractivity contribution in [3.63, 3.8) is 0 Å². The van der Waals surface area contributed by atoms with Crippen molar-refractivity contribution in [3.8, 4) is 11.3 Å². The van der Waals surface area contributed by atoms with E-state index in [-0.39, 0.29) is 0 Å². The second-order valence-corrected chi connectivity index (χ2v) is 6.52. The summed E-state index contributed by atoms with van der Waals surface area (Å²) in [5.74, 6) is 0. The predicted octanol–water partition coefficient (Wildman–Crippen LogP) is 5.53. The van der Waals surface area contributed by atoms with Gasteiger partial charge < -0.3 is 4.90 Å². The summed E-state index contributed by atoms with van der Waals surface area (Å²) in [7, 11) is 4.02. The van der Waals surface area contributed by atoms with Gasteiger partial charge in [0.05, 0.1) is 11.4 Å². The van der Waals surface area contributed by atoms with Crippen LogP contribution in [0.4, 0.5) is 0 Å². The van der Waals surface area contributed by atoms with E-state index in [2.05, 4.69) is 54.2 Å². The molecule has 0 aliphatic carbocycles. The molecule has 0 radical (unpaired) electrons. The van der Waals surface area contributed by atoms with E-state index < -0.39 is 0 Å². The van der Waals surface area contributed by atoms with E-state index in [9.17, 15) is 0 Å². The first kappa shape index (κ1) is 20.4. The number of hydrogen-bond donors (Lipinski definition) is 0. The third-order valence-electron chi connectivity index (χ3n) is 4.12. The minimum atomic E-state index is 0.755. The lowest BCUT2D eigenvalue weighted by atomic mass is 10.0. The Labute approximate surface area is 163 Å². The lowest BCUT2D eigenvalue weighted by molar-refractivity contribution is 0.566. The number of hydrogen-bond acceptors (Lipinski definition) is 3. The van der Waals surface area contributed by atoms with Gasteiger partial charge in [-0.3, -0.25) is 9.98 Å². The second kappa shape index (κ2) is 9.67. The standard InChI is InChI=1S/C24H29N3/c1-7-11-24(25-9-3)22-14-15-23(26-18(22)4)21-13-10-12-20(16-21)19(8-2)17-27(5)6/h7-8,10-17H,2,9H2,1,3-6H3/b11-7-,19-17+,25-24?. The molecule has 2 rings (SSSR count). The van der Waals surface area contributed by atoms with Crippen LogP contribution in [0.1, 0.15) is 30.7 Å². The van der Waals surface area contributed by atoms with Gasteiger partial charge in [-0.15, -0.1) is 0 Å². The quantitative estimate of drug-likeness (QED) is 0.480. The Bertz CT molecular complexity index is 886. The lowest BCUT2D eigenvalue weighted by Gasteiger charge is -2.12. The van der Waals surface area contributed by atoms with Crippen molar-refractivity contribution in [1.29, 1.82) is 0 Å². The van der Waals surface area contributed by atoms with E-state index in [1.807, 2.05) is 58.0 Å². The molecule has 1 heterocycles.